The van der Waals surface area contributed by atoms with Gasteiger partial charge in [0.2, 0.25) is 0 Å². The van der Waals surface area contributed by atoms with Gasteiger partial charge in [0, 0.05) is 13.6 Å². The van der Waals surface area contributed by atoms with Crippen LogP contribution >= 0.6 is 0 Å². The van der Waals surface area contributed by atoms with E-state index in [0.29, 0.717) is 24.5 Å². The molecule has 0 heterocycles. The second-order valence-electron chi connectivity index (χ2n) is 6.95. The van der Waals surface area contributed by atoms with Gasteiger partial charge in [-0.3, -0.25) is 14.4 Å². The summed E-state index contributed by atoms with van der Waals surface area (Å²) in [6.07, 6.45) is 0. The molecule has 160 valence electrons. The zero-order chi connectivity index (χ0) is 22.1. The molecule has 0 aromatic heterocycles. The number of para-hydroxylation sites is 1. The lowest BCUT2D eigenvalue weighted by Gasteiger charge is -2.19. The third kappa shape index (κ3) is 6.62. The fraction of sp³-hybridized carbons (Fsp3) is 0.348. The average Bonchev–Trinajstić information content (AvgIpc) is 2.72. The fourth-order valence-electron chi connectivity index (χ4n) is 2.85. The molecule has 0 radical (unpaired) electrons. The average molecular weight is 412 g/mol. The lowest BCUT2D eigenvalue weighted by molar-refractivity contribution is -0.150. The highest BCUT2D eigenvalue weighted by atomic mass is 16.5. The maximum absolute atomic E-state index is 12.3. The van der Waals surface area contributed by atoms with E-state index in [4.69, 9.17) is 9.47 Å². The number of hydrogen-bond donors (Lipinski definition) is 1. The van der Waals surface area contributed by atoms with Crippen molar-refractivity contribution in [3.63, 3.8) is 0 Å². The van der Waals surface area contributed by atoms with Crippen LogP contribution in [0.2, 0.25) is 0 Å². The molecular formula is C23H28N2O5. The topological polar surface area (TPSA) is 84.9 Å². The van der Waals surface area contributed by atoms with Crippen LogP contribution in [0.3, 0.4) is 0 Å². The van der Waals surface area contributed by atoms with Crippen molar-refractivity contribution in [3.8, 4) is 5.75 Å². The molecular weight excluding hydrogens is 384 g/mol. The van der Waals surface area contributed by atoms with Crippen LogP contribution in [-0.2, 0) is 20.9 Å². The third-order valence-electron chi connectivity index (χ3n) is 4.51. The number of aryl methyl sites for hydroxylation is 2. The van der Waals surface area contributed by atoms with Crippen LogP contribution in [-0.4, -0.2) is 49.5 Å². The molecule has 0 unspecified atom stereocenters. The first-order valence-electron chi connectivity index (χ1n) is 9.77. The summed E-state index contributed by atoms with van der Waals surface area (Å²) >= 11 is 0. The van der Waals surface area contributed by atoms with Gasteiger partial charge in [0.15, 0.2) is 6.61 Å². The Bertz CT molecular complexity index is 910. The zero-order valence-electron chi connectivity index (χ0n) is 17.9. The molecule has 2 aromatic rings. The number of nitrogens with one attached hydrogen (secondary N) is 1. The Morgan fingerprint density at radius 1 is 1.07 bits per heavy atom. The number of amides is 2. The molecule has 0 atom stereocenters. The van der Waals surface area contributed by atoms with E-state index in [2.05, 4.69) is 11.4 Å². The highest BCUT2D eigenvalue weighted by molar-refractivity contribution is 5.98. The van der Waals surface area contributed by atoms with Crippen LogP contribution < -0.4 is 10.1 Å². The molecule has 0 aliphatic heterocycles. The predicted octanol–water partition coefficient (Wildman–Crippen LogP) is 2.63. The van der Waals surface area contributed by atoms with E-state index in [0.717, 1.165) is 16.7 Å². The van der Waals surface area contributed by atoms with Gasteiger partial charge in [-0.15, -0.1) is 0 Å². The molecule has 0 saturated heterocycles. The maximum Gasteiger partial charge on any atom is 0.325 e. The Kier molecular flexibility index (Phi) is 8.41. The van der Waals surface area contributed by atoms with E-state index in [1.807, 2.05) is 32.9 Å². The SMILES string of the molecule is CCOc1ccccc1C(=O)NCC(=O)OCC(=O)N(C)Cc1ccc(C)cc1C. The zero-order valence-corrected chi connectivity index (χ0v) is 17.9. The number of hydrogen-bond acceptors (Lipinski definition) is 5. The first kappa shape index (κ1) is 22.9. The van der Waals surface area contributed by atoms with Gasteiger partial charge in [-0.1, -0.05) is 35.9 Å². The number of ether oxygens (including phenoxy) is 2. The molecule has 2 aromatic carbocycles. The molecule has 0 aliphatic carbocycles. The van der Waals surface area contributed by atoms with E-state index in [1.165, 1.54) is 4.90 Å². The monoisotopic (exact) mass is 412 g/mol. The number of nitrogens with zero attached hydrogens (tertiary/aromatic N) is 1. The van der Waals surface area contributed by atoms with Gasteiger partial charge in [0.05, 0.1) is 12.2 Å². The largest absolute Gasteiger partial charge is 0.493 e. The molecule has 0 aliphatic rings. The molecule has 0 bridgehead atoms. The molecule has 2 rings (SSSR count). The van der Waals surface area contributed by atoms with Crippen molar-refractivity contribution in [1.29, 1.82) is 0 Å². The van der Waals surface area contributed by atoms with Crippen molar-refractivity contribution in [3.05, 3.63) is 64.7 Å². The number of benzene rings is 2. The lowest BCUT2D eigenvalue weighted by Crippen LogP contribution is -2.34. The maximum atomic E-state index is 12.3. The summed E-state index contributed by atoms with van der Waals surface area (Å²) in [6.45, 7) is 5.95. The second-order valence-corrected chi connectivity index (χ2v) is 6.95. The molecule has 2 amide bonds. The second kappa shape index (κ2) is 11.0. The van der Waals surface area contributed by atoms with Crippen molar-refractivity contribution in [2.24, 2.45) is 0 Å². The molecule has 0 saturated carbocycles. The van der Waals surface area contributed by atoms with Gasteiger partial charge >= 0.3 is 5.97 Å². The summed E-state index contributed by atoms with van der Waals surface area (Å²) in [7, 11) is 1.65. The number of esters is 1. The van der Waals surface area contributed by atoms with Crippen LogP contribution in [0, 0.1) is 13.8 Å². The highest BCUT2D eigenvalue weighted by Crippen LogP contribution is 2.17. The summed E-state index contributed by atoms with van der Waals surface area (Å²) in [5.41, 5.74) is 3.62. The Labute approximate surface area is 177 Å². The van der Waals surface area contributed by atoms with Gasteiger partial charge in [-0.25, -0.2) is 0 Å². The smallest absolute Gasteiger partial charge is 0.325 e. The van der Waals surface area contributed by atoms with Crippen LogP contribution in [0.25, 0.3) is 0 Å². The fourth-order valence-corrected chi connectivity index (χ4v) is 2.85. The van der Waals surface area contributed by atoms with E-state index < -0.39 is 11.9 Å². The van der Waals surface area contributed by atoms with Crippen LogP contribution in [0.4, 0.5) is 0 Å². The molecule has 1 N–H and O–H groups in total. The van der Waals surface area contributed by atoms with E-state index in [-0.39, 0.29) is 19.1 Å². The molecule has 7 nitrogen and oxygen atoms in total. The van der Waals surface area contributed by atoms with Gasteiger partial charge in [-0.05, 0) is 44.0 Å². The van der Waals surface area contributed by atoms with Crippen molar-refractivity contribution < 1.29 is 23.9 Å². The molecule has 7 heteroatoms. The van der Waals surface area contributed by atoms with Crippen molar-refractivity contribution in [1.82, 2.24) is 10.2 Å². The van der Waals surface area contributed by atoms with Crippen molar-refractivity contribution in [2.45, 2.75) is 27.3 Å². The van der Waals surface area contributed by atoms with Gasteiger partial charge in [0.25, 0.3) is 11.8 Å². The summed E-state index contributed by atoms with van der Waals surface area (Å²) in [5.74, 6) is -1.02. The van der Waals surface area contributed by atoms with Crippen molar-refractivity contribution in [2.75, 3.05) is 26.8 Å². The first-order chi connectivity index (χ1) is 14.3. The lowest BCUT2D eigenvalue weighted by atomic mass is 10.1. The summed E-state index contributed by atoms with van der Waals surface area (Å²) in [4.78, 5) is 38.0. The molecule has 0 fully saturated rings. The Balaban J connectivity index is 1.80. The Morgan fingerprint density at radius 2 is 1.80 bits per heavy atom. The number of carbonyl (C=O) groups is 3. The minimum Gasteiger partial charge on any atom is -0.493 e. The van der Waals surface area contributed by atoms with E-state index >= 15 is 0 Å². The molecule has 0 spiro atoms. The standard InChI is InChI=1S/C23H28N2O5/c1-5-29-20-9-7-6-8-19(20)23(28)24-13-22(27)30-15-21(26)25(4)14-18-11-10-16(2)12-17(18)3/h6-12H,5,13-15H2,1-4H3,(H,24,28). The number of carbonyl (C=O) groups excluding carboxylic acids is 3. The predicted molar refractivity (Wildman–Crippen MR) is 113 cm³/mol. The van der Waals surface area contributed by atoms with Crippen molar-refractivity contribution >= 4 is 17.8 Å². The minimum absolute atomic E-state index is 0.323. The summed E-state index contributed by atoms with van der Waals surface area (Å²) in [5, 5.41) is 2.48. The quantitative estimate of drug-likeness (QED) is 0.640. The third-order valence-corrected chi connectivity index (χ3v) is 4.51. The van der Waals surface area contributed by atoms with Crippen LogP contribution in [0.15, 0.2) is 42.5 Å². The Morgan fingerprint density at radius 3 is 2.50 bits per heavy atom. The summed E-state index contributed by atoms with van der Waals surface area (Å²) in [6, 6.07) is 12.8. The van der Waals surface area contributed by atoms with Crippen LogP contribution in [0.1, 0.15) is 34.0 Å². The highest BCUT2D eigenvalue weighted by Gasteiger charge is 2.16. The number of likely N-dealkylation sites (N-methyl/N-ethyl adjacent to an activating group) is 1. The minimum atomic E-state index is -0.689. The van der Waals surface area contributed by atoms with Gasteiger partial charge in [-0.2, -0.15) is 0 Å². The molecule has 30 heavy (non-hydrogen) atoms. The van der Waals surface area contributed by atoms with Crippen LogP contribution in [0.5, 0.6) is 5.75 Å². The summed E-state index contributed by atoms with van der Waals surface area (Å²) < 4.78 is 10.4. The normalized spacial score (nSPS) is 10.3. The van der Waals surface area contributed by atoms with E-state index in [1.54, 1.807) is 31.3 Å². The Hall–Kier alpha value is -3.35. The first-order valence-corrected chi connectivity index (χ1v) is 9.77. The van der Waals surface area contributed by atoms with Gasteiger partial charge < -0.3 is 19.7 Å². The number of rotatable bonds is 9. The van der Waals surface area contributed by atoms with E-state index in [9.17, 15) is 14.4 Å². The van der Waals surface area contributed by atoms with Gasteiger partial charge in [0.1, 0.15) is 12.3 Å².